The number of nitrogens with zero attached hydrogens (tertiary/aromatic N) is 3. The highest BCUT2D eigenvalue weighted by Gasteiger charge is 2.30. The second kappa shape index (κ2) is 10.4. The van der Waals surface area contributed by atoms with Crippen molar-refractivity contribution in [2.45, 2.75) is 32.9 Å². The maximum atomic E-state index is 14.6. The van der Waals surface area contributed by atoms with E-state index in [9.17, 15) is 14.3 Å². The molecule has 2 rings (SSSR count). The number of carbonyl (C=O) groups is 1. The summed E-state index contributed by atoms with van der Waals surface area (Å²) in [6, 6.07) is 5.46. The highest BCUT2D eigenvalue weighted by atomic mass is 79.9. The van der Waals surface area contributed by atoms with Crippen molar-refractivity contribution in [3.05, 3.63) is 81.1 Å². The van der Waals surface area contributed by atoms with Crippen molar-refractivity contribution in [1.29, 1.82) is 5.26 Å². The normalized spacial score (nSPS) is 12.8. The second-order valence-electron chi connectivity index (χ2n) is 6.83. The Labute approximate surface area is 193 Å². The van der Waals surface area contributed by atoms with Crippen LogP contribution in [0, 0.1) is 17.1 Å². The Morgan fingerprint density at radius 1 is 1.45 bits per heavy atom. The van der Waals surface area contributed by atoms with Crippen LogP contribution in [0.2, 0.25) is 5.02 Å². The number of nitrogens with one attached hydrogen (secondary N) is 1. The van der Waals surface area contributed by atoms with Crippen LogP contribution in [0.3, 0.4) is 0 Å². The summed E-state index contributed by atoms with van der Waals surface area (Å²) < 4.78 is 16.6. The van der Waals surface area contributed by atoms with Crippen molar-refractivity contribution in [3.63, 3.8) is 0 Å². The number of carboxylic acids is 1. The van der Waals surface area contributed by atoms with E-state index in [2.05, 4.69) is 32.8 Å². The number of aromatic nitrogens is 2. The molecule has 0 saturated heterocycles. The van der Waals surface area contributed by atoms with E-state index in [0.717, 1.165) is 0 Å². The largest absolute Gasteiger partial charge is 0.476 e. The zero-order valence-electron chi connectivity index (χ0n) is 17.2. The van der Waals surface area contributed by atoms with Crippen molar-refractivity contribution in [3.8, 4) is 6.07 Å². The number of halogens is 3. The number of nitriles is 1. The number of anilines is 1. The van der Waals surface area contributed by atoms with Gasteiger partial charge in [-0.15, -0.1) is 0 Å². The molecule has 1 heterocycles. The highest BCUT2D eigenvalue weighted by molar-refractivity contribution is 9.10. The molecule has 1 aromatic heterocycles. The van der Waals surface area contributed by atoms with Gasteiger partial charge >= 0.3 is 5.97 Å². The molecule has 162 valence electrons. The Bertz CT molecular complexity index is 1120. The van der Waals surface area contributed by atoms with Crippen LogP contribution >= 0.6 is 27.5 Å². The van der Waals surface area contributed by atoms with E-state index in [-0.39, 0.29) is 28.1 Å². The van der Waals surface area contributed by atoms with Gasteiger partial charge in [0.15, 0.2) is 16.2 Å². The van der Waals surface area contributed by atoms with Gasteiger partial charge in [0.25, 0.3) is 0 Å². The molecule has 6 nitrogen and oxygen atoms in total. The van der Waals surface area contributed by atoms with E-state index in [1.807, 2.05) is 19.9 Å². The fourth-order valence-electron chi connectivity index (χ4n) is 2.94. The first-order valence-corrected chi connectivity index (χ1v) is 10.4. The lowest BCUT2D eigenvalue weighted by Gasteiger charge is -2.25. The average Bonchev–Trinajstić information content (AvgIpc) is 3.07. The second-order valence-corrected chi connectivity index (χ2v) is 7.94. The molecule has 1 unspecified atom stereocenters. The van der Waals surface area contributed by atoms with E-state index < -0.39 is 17.8 Å². The van der Waals surface area contributed by atoms with Crippen molar-refractivity contribution >= 4 is 39.2 Å². The lowest BCUT2D eigenvalue weighted by Crippen LogP contribution is -2.21. The fourth-order valence-corrected chi connectivity index (χ4v) is 3.89. The first-order chi connectivity index (χ1) is 14.6. The SMILES string of the molecule is C=C(/C=C\C(C#N)=C/C)C(Nc1cccc(Cl)c1F)c1c(C(=O)O)nc(Br)n1C(C)C. The molecule has 0 aliphatic heterocycles. The van der Waals surface area contributed by atoms with E-state index in [1.165, 1.54) is 12.1 Å². The van der Waals surface area contributed by atoms with Gasteiger partial charge in [0, 0.05) is 11.6 Å². The van der Waals surface area contributed by atoms with Crippen LogP contribution in [0.1, 0.15) is 49.0 Å². The van der Waals surface area contributed by atoms with Crippen LogP contribution in [-0.4, -0.2) is 20.6 Å². The van der Waals surface area contributed by atoms with Crippen molar-refractivity contribution < 1.29 is 14.3 Å². The van der Waals surface area contributed by atoms with Crippen molar-refractivity contribution in [2.24, 2.45) is 0 Å². The average molecular weight is 508 g/mol. The van der Waals surface area contributed by atoms with Crippen molar-refractivity contribution in [2.75, 3.05) is 5.32 Å². The molecule has 0 radical (unpaired) electrons. The lowest BCUT2D eigenvalue weighted by atomic mass is 10.0. The summed E-state index contributed by atoms with van der Waals surface area (Å²) in [5, 5.41) is 21.8. The molecule has 0 fully saturated rings. The van der Waals surface area contributed by atoms with Crippen LogP contribution in [0.25, 0.3) is 0 Å². The van der Waals surface area contributed by atoms with Gasteiger partial charge in [-0.25, -0.2) is 14.2 Å². The molecule has 0 spiro atoms. The molecule has 1 atom stereocenters. The highest BCUT2D eigenvalue weighted by Crippen LogP contribution is 2.35. The zero-order chi connectivity index (χ0) is 23.3. The van der Waals surface area contributed by atoms with Gasteiger partial charge in [0.2, 0.25) is 0 Å². The molecule has 0 amide bonds. The Kier molecular flexibility index (Phi) is 8.20. The van der Waals surface area contributed by atoms with Gasteiger partial charge in [-0.2, -0.15) is 5.26 Å². The van der Waals surface area contributed by atoms with Crippen LogP contribution < -0.4 is 5.32 Å². The first-order valence-electron chi connectivity index (χ1n) is 9.27. The third-order valence-corrected chi connectivity index (χ3v) is 5.29. The molecule has 9 heteroatoms. The van der Waals surface area contributed by atoms with E-state index in [1.54, 1.807) is 35.8 Å². The van der Waals surface area contributed by atoms with E-state index >= 15 is 0 Å². The Hall–Kier alpha value is -2.89. The number of aromatic carboxylic acids is 1. The third kappa shape index (κ3) is 5.43. The van der Waals surface area contributed by atoms with Crippen LogP contribution in [0.5, 0.6) is 0 Å². The summed E-state index contributed by atoms with van der Waals surface area (Å²) in [5.74, 6) is -1.92. The maximum Gasteiger partial charge on any atom is 0.356 e. The summed E-state index contributed by atoms with van der Waals surface area (Å²) in [6.07, 6.45) is 4.76. The van der Waals surface area contributed by atoms with Crippen LogP contribution in [0.15, 0.2) is 58.9 Å². The third-order valence-electron chi connectivity index (χ3n) is 4.44. The quantitative estimate of drug-likeness (QED) is 0.316. The van der Waals surface area contributed by atoms with E-state index in [0.29, 0.717) is 15.9 Å². The summed E-state index contributed by atoms with van der Waals surface area (Å²) in [4.78, 5) is 16.1. The maximum absolute atomic E-state index is 14.6. The number of carboxylic acid groups (broad SMARTS) is 1. The van der Waals surface area contributed by atoms with Crippen molar-refractivity contribution in [1.82, 2.24) is 9.55 Å². The topological polar surface area (TPSA) is 90.9 Å². The molecule has 0 aliphatic carbocycles. The van der Waals surface area contributed by atoms with Gasteiger partial charge in [0.1, 0.15) is 0 Å². The van der Waals surface area contributed by atoms with Gasteiger partial charge in [-0.1, -0.05) is 36.4 Å². The predicted octanol–water partition coefficient (Wildman–Crippen LogP) is 6.45. The van der Waals surface area contributed by atoms with Gasteiger partial charge in [-0.05, 0) is 60.5 Å². The molecule has 0 aliphatic rings. The summed E-state index contributed by atoms with van der Waals surface area (Å²) >= 11 is 9.23. The van der Waals surface area contributed by atoms with Gasteiger partial charge < -0.3 is 15.0 Å². The number of hydrogen-bond acceptors (Lipinski definition) is 4. The molecular weight excluding hydrogens is 487 g/mol. The molecule has 1 aromatic carbocycles. The Morgan fingerprint density at radius 3 is 2.68 bits per heavy atom. The predicted molar refractivity (Wildman–Crippen MR) is 123 cm³/mol. The van der Waals surface area contributed by atoms with E-state index in [4.69, 9.17) is 16.9 Å². The molecule has 0 saturated carbocycles. The van der Waals surface area contributed by atoms with Crippen LogP contribution in [-0.2, 0) is 0 Å². The number of benzene rings is 1. The molecular formula is C22H21BrClFN4O2. The van der Waals surface area contributed by atoms with Crippen LogP contribution in [0.4, 0.5) is 10.1 Å². The number of hydrogen-bond donors (Lipinski definition) is 2. The summed E-state index contributed by atoms with van der Waals surface area (Å²) in [7, 11) is 0. The summed E-state index contributed by atoms with van der Waals surface area (Å²) in [6.45, 7) is 9.49. The number of imidazole rings is 1. The minimum atomic E-state index is -1.24. The molecule has 0 bridgehead atoms. The zero-order valence-corrected chi connectivity index (χ0v) is 19.5. The Morgan fingerprint density at radius 2 is 2.13 bits per heavy atom. The number of rotatable bonds is 8. The molecule has 31 heavy (non-hydrogen) atoms. The Balaban J connectivity index is 2.71. The monoisotopic (exact) mass is 506 g/mol. The minimum absolute atomic E-state index is 0.0718. The number of allylic oxidation sites excluding steroid dienone is 3. The molecule has 2 aromatic rings. The smallest absolute Gasteiger partial charge is 0.356 e. The van der Waals surface area contributed by atoms with Gasteiger partial charge in [0.05, 0.1) is 28.5 Å². The lowest BCUT2D eigenvalue weighted by molar-refractivity contribution is 0.0689. The standard InChI is InChI=1S/C22H21BrClFN4O2/c1-5-14(11-26)10-9-13(4)18(27-16-8-6-7-15(24)17(16)25)20-19(21(30)31)28-22(23)29(20)12(2)3/h5-10,12,18,27H,4H2,1-3H3,(H,30,31)/b10-9-,14-5+. The fraction of sp³-hybridized carbons (Fsp3) is 0.227. The minimum Gasteiger partial charge on any atom is -0.476 e. The van der Waals surface area contributed by atoms with Gasteiger partial charge in [-0.3, -0.25) is 0 Å². The molecule has 2 N–H and O–H groups in total. The summed E-state index contributed by atoms with van der Waals surface area (Å²) in [5.41, 5.74) is 0.933. The first kappa shape index (κ1) is 24.4.